The van der Waals surface area contributed by atoms with E-state index in [-0.39, 0.29) is 5.91 Å². The highest BCUT2D eigenvalue weighted by Gasteiger charge is 2.17. The first-order chi connectivity index (χ1) is 10.1. The molecule has 0 spiro atoms. The van der Waals surface area contributed by atoms with Crippen molar-refractivity contribution in [3.63, 3.8) is 0 Å². The third-order valence-corrected chi connectivity index (χ3v) is 2.93. The number of carbonyl (C=O) groups excluding carboxylic acids is 1. The SMILES string of the molecule is CCCNc1cc(C(=O)N(CCC#N)CC(C)C)ccn1. The molecule has 5 nitrogen and oxygen atoms in total. The van der Waals surface area contributed by atoms with Crippen molar-refractivity contribution in [2.45, 2.75) is 33.6 Å². The fourth-order valence-electron chi connectivity index (χ4n) is 2.00. The summed E-state index contributed by atoms with van der Waals surface area (Å²) in [7, 11) is 0. The molecule has 1 heterocycles. The quantitative estimate of drug-likeness (QED) is 0.798. The first kappa shape index (κ1) is 17.0. The summed E-state index contributed by atoms with van der Waals surface area (Å²) in [5.41, 5.74) is 0.613. The zero-order valence-electron chi connectivity index (χ0n) is 13.1. The smallest absolute Gasteiger partial charge is 0.254 e. The maximum Gasteiger partial charge on any atom is 0.254 e. The van der Waals surface area contributed by atoms with Gasteiger partial charge in [-0.1, -0.05) is 20.8 Å². The topological polar surface area (TPSA) is 69.0 Å². The Morgan fingerprint density at radius 1 is 1.52 bits per heavy atom. The molecule has 1 aromatic heterocycles. The van der Waals surface area contributed by atoms with Gasteiger partial charge in [-0.15, -0.1) is 0 Å². The summed E-state index contributed by atoms with van der Waals surface area (Å²) in [6, 6.07) is 5.60. The van der Waals surface area contributed by atoms with Gasteiger partial charge in [0.15, 0.2) is 0 Å². The maximum absolute atomic E-state index is 12.6. The molecule has 21 heavy (non-hydrogen) atoms. The van der Waals surface area contributed by atoms with E-state index in [0.29, 0.717) is 36.8 Å². The average molecular weight is 288 g/mol. The van der Waals surface area contributed by atoms with E-state index < -0.39 is 0 Å². The molecule has 1 rings (SSSR count). The molecule has 0 saturated heterocycles. The minimum absolute atomic E-state index is 0.0408. The third-order valence-electron chi connectivity index (χ3n) is 2.93. The number of amides is 1. The number of aromatic nitrogens is 1. The van der Waals surface area contributed by atoms with Crippen LogP contribution in [0.5, 0.6) is 0 Å². The molecule has 0 unspecified atom stereocenters. The van der Waals surface area contributed by atoms with Gasteiger partial charge in [-0.05, 0) is 24.5 Å². The van der Waals surface area contributed by atoms with Crippen LogP contribution in [0.1, 0.15) is 44.0 Å². The van der Waals surface area contributed by atoms with Crippen LogP contribution in [0.25, 0.3) is 0 Å². The van der Waals surface area contributed by atoms with E-state index >= 15 is 0 Å². The van der Waals surface area contributed by atoms with Crippen molar-refractivity contribution in [1.29, 1.82) is 5.26 Å². The second-order valence-electron chi connectivity index (χ2n) is 5.41. The fraction of sp³-hybridized carbons (Fsp3) is 0.562. The minimum Gasteiger partial charge on any atom is -0.370 e. The van der Waals surface area contributed by atoms with Gasteiger partial charge in [-0.25, -0.2) is 4.98 Å². The van der Waals surface area contributed by atoms with Crippen molar-refractivity contribution < 1.29 is 4.79 Å². The Morgan fingerprint density at radius 2 is 2.29 bits per heavy atom. The molecule has 0 bridgehead atoms. The van der Waals surface area contributed by atoms with Crippen LogP contribution in [0.2, 0.25) is 0 Å². The van der Waals surface area contributed by atoms with Gasteiger partial charge >= 0.3 is 0 Å². The number of hydrogen-bond donors (Lipinski definition) is 1. The predicted molar refractivity (Wildman–Crippen MR) is 84.0 cm³/mol. The molecule has 0 aromatic carbocycles. The van der Waals surface area contributed by atoms with Gasteiger partial charge in [0.2, 0.25) is 0 Å². The Morgan fingerprint density at radius 3 is 2.90 bits per heavy atom. The molecule has 0 aliphatic rings. The number of nitrogens with one attached hydrogen (secondary N) is 1. The van der Waals surface area contributed by atoms with E-state index in [2.05, 4.69) is 37.1 Å². The van der Waals surface area contributed by atoms with Gasteiger partial charge in [0.1, 0.15) is 5.82 Å². The van der Waals surface area contributed by atoms with E-state index in [0.717, 1.165) is 13.0 Å². The molecule has 0 aliphatic carbocycles. The average Bonchev–Trinajstić information content (AvgIpc) is 2.48. The Kier molecular flexibility index (Phi) is 7.24. The Labute approximate surface area is 127 Å². The lowest BCUT2D eigenvalue weighted by Crippen LogP contribution is -2.35. The molecule has 0 atom stereocenters. The number of carbonyl (C=O) groups is 1. The molecule has 0 fully saturated rings. The number of hydrogen-bond acceptors (Lipinski definition) is 4. The molecule has 1 amide bonds. The van der Waals surface area contributed by atoms with Gasteiger partial charge in [0.05, 0.1) is 12.5 Å². The van der Waals surface area contributed by atoms with E-state index in [9.17, 15) is 4.79 Å². The van der Waals surface area contributed by atoms with Crippen molar-refractivity contribution in [3.05, 3.63) is 23.9 Å². The molecular formula is C16H24N4O. The fourth-order valence-corrected chi connectivity index (χ4v) is 2.00. The van der Waals surface area contributed by atoms with Crippen molar-refractivity contribution in [2.75, 3.05) is 25.0 Å². The number of rotatable bonds is 8. The Bertz CT molecular complexity index is 493. The van der Waals surface area contributed by atoms with Gasteiger partial charge in [-0.3, -0.25) is 4.79 Å². The Hall–Kier alpha value is -2.09. The molecule has 114 valence electrons. The van der Waals surface area contributed by atoms with Crippen LogP contribution in [0.15, 0.2) is 18.3 Å². The lowest BCUT2D eigenvalue weighted by Gasteiger charge is -2.23. The van der Waals surface area contributed by atoms with Crippen LogP contribution < -0.4 is 5.32 Å². The van der Waals surface area contributed by atoms with Crippen molar-refractivity contribution in [2.24, 2.45) is 5.92 Å². The van der Waals surface area contributed by atoms with Crippen LogP contribution in [0.4, 0.5) is 5.82 Å². The number of pyridine rings is 1. The molecule has 0 saturated carbocycles. The first-order valence-electron chi connectivity index (χ1n) is 7.44. The highest BCUT2D eigenvalue weighted by atomic mass is 16.2. The van der Waals surface area contributed by atoms with Gasteiger partial charge in [-0.2, -0.15) is 5.26 Å². The van der Waals surface area contributed by atoms with Crippen LogP contribution >= 0.6 is 0 Å². The van der Waals surface area contributed by atoms with Crippen molar-refractivity contribution >= 4 is 11.7 Å². The van der Waals surface area contributed by atoms with Gasteiger partial charge in [0, 0.05) is 31.4 Å². The van der Waals surface area contributed by atoms with Crippen LogP contribution in [-0.2, 0) is 0 Å². The predicted octanol–water partition coefficient (Wildman–Crippen LogP) is 2.92. The standard InChI is InChI=1S/C16H24N4O/c1-4-8-18-15-11-14(6-9-19-15)16(21)20(10-5-7-17)12-13(2)3/h6,9,11,13H,4-5,8,10,12H2,1-3H3,(H,18,19). The summed E-state index contributed by atoms with van der Waals surface area (Å²) in [4.78, 5) is 18.5. The van der Waals surface area contributed by atoms with Gasteiger partial charge in [0.25, 0.3) is 5.91 Å². The van der Waals surface area contributed by atoms with Crippen LogP contribution in [0, 0.1) is 17.2 Å². The van der Waals surface area contributed by atoms with Crippen molar-refractivity contribution in [1.82, 2.24) is 9.88 Å². The van der Waals surface area contributed by atoms with E-state index in [1.807, 2.05) is 0 Å². The summed E-state index contributed by atoms with van der Waals surface area (Å²) in [5.74, 6) is 1.04. The summed E-state index contributed by atoms with van der Waals surface area (Å²) in [6.45, 7) is 8.15. The molecule has 1 N–H and O–H groups in total. The number of nitrogens with zero attached hydrogens (tertiary/aromatic N) is 3. The van der Waals surface area contributed by atoms with Crippen LogP contribution in [-0.4, -0.2) is 35.4 Å². The van der Waals surface area contributed by atoms with Gasteiger partial charge < -0.3 is 10.2 Å². The highest BCUT2D eigenvalue weighted by Crippen LogP contribution is 2.12. The maximum atomic E-state index is 12.6. The lowest BCUT2D eigenvalue weighted by molar-refractivity contribution is 0.0740. The number of anilines is 1. The summed E-state index contributed by atoms with van der Waals surface area (Å²) in [6.07, 6.45) is 3.00. The van der Waals surface area contributed by atoms with Crippen LogP contribution in [0.3, 0.4) is 0 Å². The Balaban J connectivity index is 2.84. The monoisotopic (exact) mass is 288 g/mol. The normalized spacial score (nSPS) is 10.2. The molecule has 0 aliphatic heterocycles. The lowest BCUT2D eigenvalue weighted by atomic mass is 10.1. The molecule has 1 aromatic rings. The molecule has 5 heteroatoms. The highest BCUT2D eigenvalue weighted by molar-refractivity contribution is 5.94. The first-order valence-corrected chi connectivity index (χ1v) is 7.44. The molecule has 0 radical (unpaired) electrons. The third kappa shape index (κ3) is 5.82. The number of nitriles is 1. The molecular weight excluding hydrogens is 264 g/mol. The summed E-state index contributed by atoms with van der Waals surface area (Å²) < 4.78 is 0. The second kappa shape index (κ2) is 8.96. The zero-order chi connectivity index (χ0) is 15.7. The minimum atomic E-state index is -0.0408. The van der Waals surface area contributed by atoms with E-state index in [1.165, 1.54) is 0 Å². The largest absolute Gasteiger partial charge is 0.370 e. The zero-order valence-corrected chi connectivity index (χ0v) is 13.1. The van der Waals surface area contributed by atoms with E-state index in [1.54, 1.807) is 23.2 Å². The second-order valence-corrected chi connectivity index (χ2v) is 5.41. The summed E-state index contributed by atoms with van der Waals surface area (Å²) >= 11 is 0. The van der Waals surface area contributed by atoms with E-state index in [4.69, 9.17) is 5.26 Å². The van der Waals surface area contributed by atoms with Crippen molar-refractivity contribution in [3.8, 4) is 6.07 Å². The summed E-state index contributed by atoms with van der Waals surface area (Å²) in [5, 5.41) is 11.9.